The Balaban J connectivity index is 1.94. The van der Waals surface area contributed by atoms with Gasteiger partial charge < -0.3 is 24.8 Å². The Bertz CT molecular complexity index is 618. The van der Waals surface area contributed by atoms with Crippen LogP contribution in [0, 0.1) is 6.92 Å². The van der Waals surface area contributed by atoms with Crippen LogP contribution in [0.3, 0.4) is 0 Å². The molecule has 2 N–H and O–H groups in total. The number of aryl methyl sites for hydroxylation is 1. The van der Waals surface area contributed by atoms with Gasteiger partial charge in [-0.25, -0.2) is 4.99 Å². The number of hydrogen-bond donors (Lipinski definition) is 2. The molecule has 7 nitrogen and oxygen atoms in total. The van der Waals surface area contributed by atoms with Gasteiger partial charge in [-0.15, -0.1) is 0 Å². The van der Waals surface area contributed by atoms with Crippen LogP contribution < -0.4 is 15.4 Å². The number of nitrogens with one attached hydrogen (secondary N) is 2. The van der Waals surface area contributed by atoms with Gasteiger partial charge in [-0.3, -0.25) is 4.90 Å². The first kappa shape index (κ1) is 23.4. The van der Waals surface area contributed by atoms with Crippen molar-refractivity contribution in [2.24, 2.45) is 4.99 Å². The lowest BCUT2D eigenvalue weighted by molar-refractivity contribution is 0.0211. The third kappa shape index (κ3) is 8.60. The van der Waals surface area contributed by atoms with Gasteiger partial charge >= 0.3 is 0 Å². The first-order valence-corrected chi connectivity index (χ1v) is 10.7. The second kappa shape index (κ2) is 13.4. The maximum Gasteiger partial charge on any atom is 0.191 e. The van der Waals surface area contributed by atoms with Crippen molar-refractivity contribution in [3.8, 4) is 5.75 Å². The van der Waals surface area contributed by atoms with Gasteiger partial charge in [0.05, 0.1) is 26.4 Å². The lowest BCUT2D eigenvalue weighted by atomic mass is 10.1. The molecule has 1 fully saturated rings. The summed E-state index contributed by atoms with van der Waals surface area (Å²) in [6.07, 6.45) is 0.872. The molecule has 1 atom stereocenters. The van der Waals surface area contributed by atoms with Crippen LogP contribution >= 0.6 is 0 Å². The number of ether oxygens (including phenoxy) is 3. The Kier molecular flexibility index (Phi) is 10.8. The molecule has 0 aliphatic carbocycles. The van der Waals surface area contributed by atoms with E-state index in [0.717, 1.165) is 63.1 Å². The average molecular weight is 407 g/mol. The highest BCUT2D eigenvalue weighted by molar-refractivity contribution is 5.79. The standard InChI is InChI=1S/C22H38N4O3/c1-5-23-22(24-16-19(3)26-9-13-28-14-10-26)25-17-20-8-7-18(2)15-21(20)29-12-6-11-27-4/h7-8,15,19H,5-6,9-14,16-17H2,1-4H3,(H2,23,24,25). The third-order valence-corrected chi connectivity index (χ3v) is 4.96. The molecule has 1 saturated heterocycles. The van der Waals surface area contributed by atoms with Crippen LogP contribution in [-0.4, -0.2) is 76.6 Å². The summed E-state index contributed by atoms with van der Waals surface area (Å²) < 4.78 is 16.5. The first-order valence-electron chi connectivity index (χ1n) is 10.7. The maximum atomic E-state index is 5.98. The van der Waals surface area contributed by atoms with Crippen molar-refractivity contribution in [1.29, 1.82) is 0 Å². The predicted octanol–water partition coefficient (Wildman–Crippen LogP) is 2.19. The molecule has 1 unspecified atom stereocenters. The topological polar surface area (TPSA) is 67.4 Å². The highest BCUT2D eigenvalue weighted by atomic mass is 16.5. The summed E-state index contributed by atoms with van der Waals surface area (Å²) in [7, 11) is 1.71. The van der Waals surface area contributed by atoms with Gasteiger partial charge in [0.2, 0.25) is 0 Å². The van der Waals surface area contributed by atoms with Crippen molar-refractivity contribution >= 4 is 5.96 Å². The molecule has 0 aromatic heterocycles. The van der Waals surface area contributed by atoms with E-state index >= 15 is 0 Å². The quantitative estimate of drug-likeness (QED) is 0.334. The average Bonchev–Trinajstić information content (AvgIpc) is 2.74. The number of morpholine rings is 1. The fourth-order valence-corrected chi connectivity index (χ4v) is 3.21. The second-order valence-corrected chi connectivity index (χ2v) is 7.38. The molecule has 29 heavy (non-hydrogen) atoms. The summed E-state index contributed by atoms with van der Waals surface area (Å²) in [5, 5.41) is 6.82. The SMILES string of the molecule is CCNC(=NCc1ccc(C)cc1OCCCOC)NCC(C)N1CCOCC1. The van der Waals surface area contributed by atoms with Crippen LogP contribution in [0.2, 0.25) is 0 Å². The molecule has 1 aromatic carbocycles. The monoisotopic (exact) mass is 406 g/mol. The Hall–Kier alpha value is -1.83. The molecular formula is C22H38N4O3. The molecular weight excluding hydrogens is 368 g/mol. The number of hydrogen-bond acceptors (Lipinski definition) is 5. The van der Waals surface area contributed by atoms with Gasteiger partial charge in [0.1, 0.15) is 5.75 Å². The van der Waals surface area contributed by atoms with E-state index in [4.69, 9.17) is 19.2 Å². The number of methoxy groups -OCH3 is 1. The van der Waals surface area contributed by atoms with Gasteiger partial charge in [0, 0.05) is 57.9 Å². The van der Waals surface area contributed by atoms with Crippen molar-refractivity contribution in [2.75, 3.05) is 59.7 Å². The van der Waals surface area contributed by atoms with Gasteiger partial charge in [-0.05, 0) is 32.4 Å². The Morgan fingerprint density at radius 1 is 1.24 bits per heavy atom. The van der Waals surface area contributed by atoms with E-state index < -0.39 is 0 Å². The molecule has 164 valence electrons. The van der Waals surface area contributed by atoms with E-state index in [1.807, 2.05) is 0 Å². The molecule has 7 heteroatoms. The molecule has 0 saturated carbocycles. The zero-order chi connectivity index (χ0) is 20.9. The number of benzene rings is 1. The minimum atomic E-state index is 0.432. The Morgan fingerprint density at radius 2 is 2.03 bits per heavy atom. The predicted molar refractivity (Wildman–Crippen MR) is 118 cm³/mol. The summed E-state index contributed by atoms with van der Waals surface area (Å²) in [6, 6.07) is 6.72. The summed E-state index contributed by atoms with van der Waals surface area (Å²) in [5.41, 5.74) is 2.27. The molecule has 1 aliphatic heterocycles. The molecule has 0 radical (unpaired) electrons. The van der Waals surface area contributed by atoms with E-state index in [1.165, 1.54) is 5.56 Å². The Morgan fingerprint density at radius 3 is 2.76 bits per heavy atom. The van der Waals surface area contributed by atoms with Crippen LogP contribution in [0.25, 0.3) is 0 Å². The van der Waals surface area contributed by atoms with E-state index in [9.17, 15) is 0 Å². The summed E-state index contributed by atoms with van der Waals surface area (Å²) in [4.78, 5) is 7.23. The molecule has 0 bridgehead atoms. The lowest BCUT2D eigenvalue weighted by Gasteiger charge is -2.32. The third-order valence-electron chi connectivity index (χ3n) is 4.96. The molecule has 0 amide bonds. The molecule has 1 heterocycles. The molecule has 2 rings (SSSR count). The van der Waals surface area contributed by atoms with Gasteiger partial charge in [0.15, 0.2) is 5.96 Å². The molecule has 1 aromatic rings. The van der Waals surface area contributed by atoms with E-state index in [-0.39, 0.29) is 0 Å². The van der Waals surface area contributed by atoms with Gasteiger partial charge in [-0.2, -0.15) is 0 Å². The number of aliphatic imine (C=N–C) groups is 1. The number of rotatable bonds is 11. The van der Waals surface area contributed by atoms with Crippen LogP contribution in [0.5, 0.6) is 5.75 Å². The van der Waals surface area contributed by atoms with E-state index in [1.54, 1.807) is 7.11 Å². The number of guanidine groups is 1. The fraction of sp³-hybridized carbons (Fsp3) is 0.682. The second-order valence-electron chi connectivity index (χ2n) is 7.38. The van der Waals surface area contributed by atoms with Crippen molar-refractivity contribution in [3.05, 3.63) is 29.3 Å². The highest BCUT2D eigenvalue weighted by Gasteiger charge is 2.17. The zero-order valence-corrected chi connectivity index (χ0v) is 18.5. The van der Waals surface area contributed by atoms with E-state index in [0.29, 0.717) is 25.8 Å². The van der Waals surface area contributed by atoms with Crippen LogP contribution in [0.4, 0.5) is 0 Å². The van der Waals surface area contributed by atoms with Crippen LogP contribution in [0.1, 0.15) is 31.4 Å². The molecule has 0 spiro atoms. The van der Waals surface area contributed by atoms with Crippen LogP contribution in [0.15, 0.2) is 23.2 Å². The van der Waals surface area contributed by atoms with E-state index in [2.05, 4.69) is 54.5 Å². The minimum Gasteiger partial charge on any atom is -0.493 e. The smallest absolute Gasteiger partial charge is 0.191 e. The largest absolute Gasteiger partial charge is 0.493 e. The van der Waals surface area contributed by atoms with Crippen molar-refractivity contribution in [3.63, 3.8) is 0 Å². The van der Waals surface area contributed by atoms with Crippen LogP contribution in [-0.2, 0) is 16.0 Å². The maximum absolute atomic E-state index is 5.98. The lowest BCUT2D eigenvalue weighted by Crippen LogP contribution is -2.49. The normalized spacial score (nSPS) is 16.5. The summed E-state index contributed by atoms with van der Waals surface area (Å²) in [5.74, 6) is 1.74. The molecule has 1 aliphatic rings. The summed E-state index contributed by atoms with van der Waals surface area (Å²) >= 11 is 0. The van der Waals surface area contributed by atoms with Crippen molar-refractivity contribution in [2.45, 2.75) is 39.8 Å². The zero-order valence-electron chi connectivity index (χ0n) is 18.5. The van der Waals surface area contributed by atoms with Crippen molar-refractivity contribution in [1.82, 2.24) is 15.5 Å². The van der Waals surface area contributed by atoms with Gasteiger partial charge in [0.25, 0.3) is 0 Å². The highest BCUT2D eigenvalue weighted by Crippen LogP contribution is 2.21. The number of nitrogens with zero attached hydrogens (tertiary/aromatic N) is 2. The summed E-state index contributed by atoms with van der Waals surface area (Å²) in [6.45, 7) is 13.6. The first-order chi connectivity index (χ1) is 14.1. The van der Waals surface area contributed by atoms with Crippen molar-refractivity contribution < 1.29 is 14.2 Å². The fourth-order valence-electron chi connectivity index (χ4n) is 3.21. The van der Waals surface area contributed by atoms with Gasteiger partial charge in [-0.1, -0.05) is 12.1 Å². The minimum absolute atomic E-state index is 0.432. The Labute approximate surface area is 175 Å².